The van der Waals surface area contributed by atoms with Crippen molar-refractivity contribution in [2.24, 2.45) is 0 Å². The van der Waals surface area contributed by atoms with Gasteiger partial charge in [-0.05, 0) is 23.6 Å². The van der Waals surface area contributed by atoms with E-state index in [4.69, 9.17) is 16.3 Å². The first-order valence-corrected chi connectivity index (χ1v) is 6.57. The second-order valence-corrected chi connectivity index (χ2v) is 4.59. The van der Waals surface area contributed by atoms with Crippen molar-refractivity contribution in [3.05, 3.63) is 41.5 Å². The lowest BCUT2D eigenvalue weighted by atomic mass is 10.1. The lowest BCUT2D eigenvalue weighted by Crippen LogP contribution is -2.07. The van der Waals surface area contributed by atoms with Gasteiger partial charge in [0.15, 0.2) is 0 Å². The Morgan fingerprint density at radius 3 is 3.22 bits per heavy atom. The average Bonchev–Trinajstić information content (AvgIpc) is 3.04. The Balaban J connectivity index is 1.70. The van der Waals surface area contributed by atoms with Crippen LogP contribution in [0.1, 0.15) is 17.0 Å². The van der Waals surface area contributed by atoms with E-state index in [1.807, 2.05) is 4.68 Å². The number of aryl methyl sites for hydroxylation is 2. The van der Waals surface area contributed by atoms with E-state index in [0.29, 0.717) is 5.88 Å². The molecule has 0 radical (unpaired) electrons. The molecule has 2 aromatic rings. The Labute approximate surface area is 111 Å². The van der Waals surface area contributed by atoms with Gasteiger partial charge in [0.2, 0.25) is 0 Å². The third-order valence-electron chi connectivity index (χ3n) is 3.18. The standard InChI is InChI=1S/C13H14ClN3O/c14-8-13-15-9-16-17(13)5-3-10-1-2-12-11(7-10)4-6-18-12/h1-2,7,9H,3-6,8H2. The second-order valence-electron chi connectivity index (χ2n) is 4.32. The summed E-state index contributed by atoms with van der Waals surface area (Å²) in [7, 11) is 0. The second kappa shape index (κ2) is 4.98. The maximum atomic E-state index is 5.79. The minimum absolute atomic E-state index is 0.401. The quantitative estimate of drug-likeness (QED) is 0.794. The highest BCUT2D eigenvalue weighted by Crippen LogP contribution is 2.26. The van der Waals surface area contributed by atoms with Gasteiger partial charge >= 0.3 is 0 Å². The zero-order valence-corrected chi connectivity index (χ0v) is 10.7. The summed E-state index contributed by atoms with van der Waals surface area (Å²) in [4.78, 5) is 4.10. The number of rotatable bonds is 4. The van der Waals surface area contributed by atoms with Gasteiger partial charge in [0.1, 0.15) is 17.9 Å². The Bertz CT molecular complexity index is 553. The molecule has 0 saturated heterocycles. The fourth-order valence-electron chi connectivity index (χ4n) is 2.21. The number of benzene rings is 1. The van der Waals surface area contributed by atoms with E-state index < -0.39 is 0 Å². The van der Waals surface area contributed by atoms with Crippen LogP contribution in [0.4, 0.5) is 0 Å². The number of nitrogens with zero attached hydrogens (tertiary/aromatic N) is 3. The van der Waals surface area contributed by atoms with Crippen LogP contribution >= 0.6 is 11.6 Å². The van der Waals surface area contributed by atoms with Crippen molar-refractivity contribution < 1.29 is 4.74 Å². The Hall–Kier alpha value is -1.55. The van der Waals surface area contributed by atoms with Crippen molar-refractivity contribution in [3.63, 3.8) is 0 Å². The molecule has 0 spiro atoms. The highest BCUT2D eigenvalue weighted by atomic mass is 35.5. The van der Waals surface area contributed by atoms with Gasteiger partial charge in [-0.1, -0.05) is 12.1 Å². The predicted octanol–water partition coefficient (Wildman–Crippen LogP) is 2.19. The van der Waals surface area contributed by atoms with E-state index in [2.05, 4.69) is 28.3 Å². The van der Waals surface area contributed by atoms with Crippen LogP contribution in [0.15, 0.2) is 24.5 Å². The van der Waals surface area contributed by atoms with E-state index in [0.717, 1.165) is 37.6 Å². The minimum Gasteiger partial charge on any atom is -0.493 e. The SMILES string of the molecule is ClCc1ncnn1CCc1ccc2c(c1)CCO2. The smallest absolute Gasteiger partial charge is 0.141 e. The summed E-state index contributed by atoms with van der Waals surface area (Å²) in [6.07, 6.45) is 3.49. The molecule has 0 fully saturated rings. The number of alkyl halides is 1. The fourth-order valence-corrected chi connectivity index (χ4v) is 2.42. The van der Waals surface area contributed by atoms with Gasteiger partial charge in [0.05, 0.1) is 12.5 Å². The molecule has 4 nitrogen and oxygen atoms in total. The Morgan fingerprint density at radius 2 is 2.33 bits per heavy atom. The maximum Gasteiger partial charge on any atom is 0.141 e. The van der Waals surface area contributed by atoms with Crippen LogP contribution in [0, 0.1) is 0 Å². The van der Waals surface area contributed by atoms with Crippen molar-refractivity contribution in [2.45, 2.75) is 25.3 Å². The molecule has 0 amide bonds. The molecule has 1 aromatic heterocycles. The van der Waals surface area contributed by atoms with E-state index in [1.54, 1.807) is 6.33 Å². The minimum atomic E-state index is 0.401. The van der Waals surface area contributed by atoms with Crippen molar-refractivity contribution in [2.75, 3.05) is 6.61 Å². The van der Waals surface area contributed by atoms with Gasteiger partial charge in [-0.15, -0.1) is 11.6 Å². The molecule has 0 N–H and O–H groups in total. The summed E-state index contributed by atoms with van der Waals surface area (Å²) in [5, 5.41) is 4.17. The van der Waals surface area contributed by atoms with Gasteiger partial charge in [-0.2, -0.15) is 5.10 Å². The average molecular weight is 264 g/mol. The molecule has 1 aliphatic rings. The van der Waals surface area contributed by atoms with Crippen LogP contribution in [0.25, 0.3) is 0 Å². The summed E-state index contributed by atoms with van der Waals surface area (Å²) in [5.74, 6) is 2.25. The van der Waals surface area contributed by atoms with Crippen molar-refractivity contribution in [3.8, 4) is 5.75 Å². The van der Waals surface area contributed by atoms with Gasteiger partial charge in [-0.25, -0.2) is 9.67 Å². The molecule has 94 valence electrons. The molecular weight excluding hydrogens is 250 g/mol. The van der Waals surface area contributed by atoms with Gasteiger partial charge in [0.25, 0.3) is 0 Å². The largest absolute Gasteiger partial charge is 0.493 e. The predicted molar refractivity (Wildman–Crippen MR) is 68.9 cm³/mol. The molecule has 0 unspecified atom stereocenters. The van der Waals surface area contributed by atoms with Gasteiger partial charge in [-0.3, -0.25) is 0 Å². The molecule has 3 rings (SSSR count). The zero-order chi connectivity index (χ0) is 12.4. The third-order valence-corrected chi connectivity index (χ3v) is 3.42. The third kappa shape index (κ3) is 2.20. The summed E-state index contributed by atoms with van der Waals surface area (Å²) >= 11 is 5.79. The number of hydrogen-bond donors (Lipinski definition) is 0. The highest BCUT2D eigenvalue weighted by Gasteiger charge is 2.12. The van der Waals surface area contributed by atoms with Gasteiger partial charge in [0, 0.05) is 13.0 Å². The molecule has 0 saturated carbocycles. The monoisotopic (exact) mass is 263 g/mol. The van der Waals surface area contributed by atoms with Crippen molar-refractivity contribution in [1.29, 1.82) is 0 Å². The highest BCUT2D eigenvalue weighted by molar-refractivity contribution is 6.16. The van der Waals surface area contributed by atoms with E-state index >= 15 is 0 Å². The van der Waals surface area contributed by atoms with E-state index in [1.165, 1.54) is 11.1 Å². The van der Waals surface area contributed by atoms with Gasteiger partial charge < -0.3 is 4.74 Å². The zero-order valence-electron chi connectivity index (χ0n) is 9.97. The first-order valence-electron chi connectivity index (χ1n) is 6.04. The number of aromatic nitrogens is 3. The molecular formula is C13H14ClN3O. The maximum absolute atomic E-state index is 5.79. The van der Waals surface area contributed by atoms with Crippen LogP contribution in [0.3, 0.4) is 0 Å². The normalized spacial score (nSPS) is 13.4. The number of halogens is 1. The number of hydrogen-bond acceptors (Lipinski definition) is 3. The van der Waals surface area contributed by atoms with Crippen LogP contribution in [-0.4, -0.2) is 21.4 Å². The summed E-state index contributed by atoms with van der Waals surface area (Å²) < 4.78 is 7.35. The van der Waals surface area contributed by atoms with Crippen LogP contribution in [0.2, 0.25) is 0 Å². The molecule has 18 heavy (non-hydrogen) atoms. The van der Waals surface area contributed by atoms with E-state index in [9.17, 15) is 0 Å². The summed E-state index contributed by atoms with van der Waals surface area (Å²) in [6, 6.07) is 6.39. The molecule has 1 aliphatic heterocycles. The van der Waals surface area contributed by atoms with Crippen LogP contribution in [0.5, 0.6) is 5.75 Å². The molecule has 0 aliphatic carbocycles. The molecule has 0 bridgehead atoms. The Morgan fingerprint density at radius 1 is 1.39 bits per heavy atom. The van der Waals surface area contributed by atoms with Crippen molar-refractivity contribution >= 4 is 11.6 Å². The number of ether oxygens (including phenoxy) is 1. The van der Waals surface area contributed by atoms with E-state index in [-0.39, 0.29) is 0 Å². The van der Waals surface area contributed by atoms with Crippen molar-refractivity contribution in [1.82, 2.24) is 14.8 Å². The lowest BCUT2D eigenvalue weighted by molar-refractivity contribution is 0.357. The fraction of sp³-hybridized carbons (Fsp3) is 0.385. The lowest BCUT2D eigenvalue weighted by Gasteiger charge is -2.06. The number of fused-ring (bicyclic) bond motifs is 1. The first-order chi connectivity index (χ1) is 8.86. The molecule has 2 heterocycles. The molecule has 1 aromatic carbocycles. The van der Waals surface area contributed by atoms with Crippen LogP contribution < -0.4 is 4.74 Å². The molecule has 5 heteroatoms. The Kier molecular flexibility index (Phi) is 3.19. The van der Waals surface area contributed by atoms with Crippen LogP contribution in [-0.2, 0) is 25.3 Å². The topological polar surface area (TPSA) is 39.9 Å². The summed E-state index contributed by atoms with van der Waals surface area (Å²) in [6.45, 7) is 1.61. The molecule has 0 atom stereocenters. The summed E-state index contributed by atoms with van der Waals surface area (Å²) in [5.41, 5.74) is 2.61. The first kappa shape index (κ1) is 11.5.